The van der Waals surface area contributed by atoms with E-state index in [1.165, 1.54) is 77.0 Å². The Hall–Kier alpha value is -4.92. The first-order chi connectivity index (χ1) is 39.2. The van der Waals surface area contributed by atoms with Crippen LogP contribution >= 0.6 is 0 Å². The zero-order valence-electron chi connectivity index (χ0n) is 48.9. The number of imidazole rings is 1. The topological polar surface area (TPSA) is 304 Å². The second-order valence-electron chi connectivity index (χ2n) is 22.1. The van der Waals surface area contributed by atoms with Gasteiger partial charge in [0.15, 0.2) is 5.78 Å². The number of aromatic amines is 1. The Morgan fingerprint density at radius 3 is 1.53 bits per heavy atom. The molecule has 0 spiro atoms. The zero-order chi connectivity index (χ0) is 59.0. The number of nitrogens with one attached hydrogen (secondary N) is 3. The molecule has 0 aliphatic heterocycles. The molecule has 81 heavy (non-hydrogen) atoms. The van der Waals surface area contributed by atoms with Crippen LogP contribution in [0.5, 0.6) is 0 Å². The van der Waals surface area contributed by atoms with Crippen molar-refractivity contribution in [2.75, 3.05) is 65.9 Å². The van der Waals surface area contributed by atoms with Gasteiger partial charge in [0.05, 0.1) is 57.8 Å². The molecule has 1 aromatic rings. The van der Waals surface area contributed by atoms with Crippen LogP contribution in [0, 0.1) is 23.7 Å². The second kappa shape index (κ2) is 48.6. The standard InChI is InChI=1S/C61H102N4O16/c66-53(21-17-13-11-9-7-5-3-1-2-4-6-8-10-12-14-19-23-59(72)73)31-26-48-24-27-49(28-25-48)56(69)43-51(61(76)77)29-33-57(70)63-34-36-78-39-41-81-46-58(71)64-35-37-79-38-40-80-45-55(68)22-18-15-16-20-50(60(74)75)42-54(67)32-30-52-44-62-47-65-52/h44,47-51H,1-43,45-46H2,(H,62,65)(H,63,70)(H,64,71)(H,72,73)(H,74,75)(H,76,77)/t48?,49?,50-,51?/m1/s1. The number of carbonyl (C=O) groups is 9. The Bertz CT molecular complexity index is 1890. The fourth-order valence-corrected chi connectivity index (χ4v) is 10.2. The monoisotopic (exact) mass is 1150 g/mol. The molecule has 1 unspecified atom stereocenters. The summed E-state index contributed by atoms with van der Waals surface area (Å²) in [6.45, 7) is 1.44. The number of amides is 2. The number of rotatable bonds is 57. The molecular weight excluding hydrogens is 1040 g/mol. The smallest absolute Gasteiger partial charge is 0.306 e. The number of H-pyrrole nitrogens is 1. The van der Waals surface area contributed by atoms with Gasteiger partial charge in [-0.15, -0.1) is 0 Å². The molecule has 6 N–H and O–H groups in total. The predicted octanol–water partition coefficient (Wildman–Crippen LogP) is 9.52. The highest BCUT2D eigenvalue weighted by molar-refractivity contribution is 5.86. The van der Waals surface area contributed by atoms with Crippen molar-refractivity contribution in [3.8, 4) is 0 Å². The van der Waals surface area contributed by atoms with E-state index >= 15 is 0 Å². The first-order valence-electron chi connectivity index (χ1n) is 30.8. The number of unbranched alkanes of at least 4 members (excludes halogenated alkanes) is 17. The minimum atomic E-state index is -1.09. The number of hydrogen-bond acceptors (Lipinski definition) is 14. The highest BCUT2D eigenvalue weighted by atomic mass is 16.5. The van der Waals surface area contributed by atoms with Gasteiger partial charge in [-0.25, -0.2) is 4.98 Å². The van der Waals surface area contributed by atoms with Crippen molar-refractivity contribution in [2.45, 2.75) is 225 Å². The minimum absolute atomic E-state index is 0.00903. The average Bonchev–Trinajstić information content (AvgIpc) is 3.97. The van der Waals surface area contributed by atoms with Gasteiger partial charge in [-0.2, -0.15) is 0 Å². The molecule has 0 aromatic carbocycles. The summed E-state index contributed by atoms with van der Waals surface area (Å²) in [4.78, 5) is 116. The van der Waals surface area contributed by atoms with E-state index in [2.05, 4.69) is 20.6 Å². The molecule has 1 aliphatic rings. The van der Waals surface area contributed by atoms with Gasteiger partial charge >= 0.3 is 17.9 Å². The highest BCUT2D eigenvalue weighted by Crippen LogP contribution is 2.34. The molecule has 0 saturated heterocycles. The summed E-state index contributed by atoms with van der Waals surface area (Å²) in [6.07, 6.45) is 30.9. The van der Waals surface area contributed by atoms with E-state index in [1.54, 1.807) is 6.20 Å². The lowest BCUT2D eigenvalue weighted by Gasteiger charge is -2.28. The summed E-state index contributed by atoms with van der Waals surface area (Å²) in [7, 11) is 0. The van der Waals surface area contributed by atoms with Gasteiger partial charge in [-0.1, -0.05) is 103 Å². The van der Waals surface area contributed by atoms with E-state index in [4.69, 9.17) is 24.1 Å². The summed E-state index contributed by atoms with van der Waals surface area (Å²) in [6, 6.07) is 0. The number of nitrogens with zero attached hydrogens (tertiary/aromatic N) is 1. The third kappa shape index (κ3) is 41.7. The lowest BCUT2D eigenvalue weighted by atomic mass is 9.76. The Balaban J connectivity index is 1.35. The molecule has 1 aromatic heterocycles. The Morgan fingerprint density at radius 2 is 0.988 bits per heavy atom. The summed E-state index contributed by atoms with van der Waals surface area (Å²) >= 11 is 0. The van der Waals surface area contributed by atoms with E-state index in [0.717, 1.165) is 57.1 Å². The largest absolute Gasteiger partial charge is 0.481 e. The quantitative estimate of drug-likeness (QED) is 0.0331. The molecule has 1 heterocycles. The van der Waals surface area contributed by atoms with Gasteiger partial charge in [0.1, 0.15) is 30.6 Å². The molecule has 0 bridgehead atoms. The normalized spacial score (nSPS) is 15.0. The van der Waals surface area contributed by atoms with Crippen molar-refractivity contribution in [2.24, 2.45) is 23.7 Å². The third-order valence-electron chi connectivity index (χ3n) is 15.2. The maximum atomic E-state index is 13.1. The predicted molar refractivity (Wildman–Crippen MR) is 305 cm³/mol. The van der Waals surface area contributed by atoms with E-state index in [0.29, 0.717) is 82.3 Å². The number of hydrogen-bond donors (Lipinski definition) is 6. The molecule has 2 atom stereocenters. The van der Waals surface area contributed by atoms with E-state index < -0.39 is 29.7 Å². The van der Waals surface area contributed by atoms with Gasteiger partial charge < -0.3 is 49.9 Å². The Kier molecular flexibility index (Phi) is 43.3. The van der Waals surface area contributed by atoms with E-state index in [-0.39, 0.29) is 133 Å². The fourth-order valence-electron chi connectivity index (χ4n) is 10.2. The number of carboxylic acids is 3. The minimum Gasteiger partial charge on any atom is -0.481 e. The van der Waals surface area contributed by atoms with Crippen LogP contribution in [0.1, 0.15) is 224 Å². The molecule has 2 amide bonds. The summed E-state index contributed by atoms with van der Waals surface area (Å²) < 4.78 is 21.6. The van der Waals surface area contributed by atoms with Crippen LogP contribution in [-0.4, -0.2) is 144 Å². The third-order valence-corrected chi connectivity index (χ3v) is 15.2. The van der Waals surface area contributed by atoms with Crippen LogP contribution in [0.4, 0.5) is 0 Å². The van der Waals surface area contributed by atoms with E-state index in [1.807, 2.05) is 0 Å². The fraction of sp³-hybridized carbons (Fsp3) is 0.803. The molecule has 1 aliphatic carbocycles. The number of ether oxygens (including phenoxy) is 4. The summed E-state index contributed by atoms with van der Waals surface area (Å²) in [5.41, 5.74) is 0.830. The number of aryl methyl sites for hydroxylation is 1. The lowest BCUT2D eigenvalue weighted by molar-refractivity contribution is -0.145. The molecule has 1 fully saturated rings. The number of carbonyl (C=O) groups excluding carboxylic acids is 6. The van der Waals surface area contributed by atoms with Gasteiger partial charge in [-0.3, -0.25) is 43.2 Å². The van der Waals surface area contributed by atoms with Crippen LogP contribution in [0.15, 0.2) is 12.5 Å². The van der Waals surface area contributed by atoms with Crippen molar-refractivity contribution in [3.05, 3.63) is 18.2 Å². The molecule has 0 radical (unpaired) electrons. The van der Waals surface area contributed by atoms with Gasteiger partial charge in [0, 0.05) is 82.3 Å². The van der Waals surface area contributed by atoms with Crippen LogP contribution < -0.4 is 10.6 Å². The summed E-state index contributed by atoms with van der Waals surface area (Å²) in [5, 5.41) is 33.4. The highest BCUT2D eigenvalue weighted by Gasteiger charge is 2.30. The molecule has 20 heteroatoms. The van der Waals surface area contributed by atoms with Crippen molar-refractivity contribution in [1.29, 1.82) is 0 Å². The Morgan fingerprint density at radius 1 is 0.494 bits per heavy atom. The first kappa shape index (κ1) is 72.2. The van der Waals surface area contributed by atoms with Crippen molar-refractivity contribution >= 4 is 52.9 Å². The molecule has 462 valence electrons. The van der Waals surface area contributed by atoms with Crippen molar-refractivity contribution in [1.82, 2.24) is 20.6 Å². The summed E-state index contributed by atoms with van der Waals surface area (Å²) in [5.74, 6) is -4.78. The van der Waals surface area contributed by atoms with Gasteiger partial charge in [0.25, 0.3) is 0 Å². The van der Waals surface area contributed by atoms with Crippen LogP contribution in [0.25, 0.3) is 0 Å². The van der Waals surface area contributed by atoms with Crippen molar-refractivity contribution in [3.63, 3.8) is 0 Å². The van der Waals surface area contributed by atoms with Gasteiger partial charge in [0.2, 0.25) is 11.8 Å². The van der Waals surface area contributed by atoms with Crippen LogP contribution in [-0.2, 0) is 68.5 Å². The molecule has 1 saturated carbocycles. The second-order valence-corrected chi connectivity index (χ2v) is 22.1. The number of Topliss-reactive ketones (excluding diaryl/α,β-unsaturated/α-hetero) is 4. The lowest BCUT2D eigenvalue weighted by Crippen LogP contribution is -2.31. The molecule has 2 rings (SSSR count). The number of carboxylic acid groups (broad SMARTS) is 3. The maximum Gasteiger partial charge on any atom is 0.306 e. The van der Waals surface area contributed by atoms with Crippen LogP contribution in [0.2, 0.25) is 0 Å². The number of aromatic nitrogens is 2. The van der Waals surface area contributed by atoms with Crippen molar-refractivity contribution < 1.29 is 77.4 Å². The first-order valence-corrected chi connectivity index (χ1v) is 30.8. The molecule has 20 nitrogen and oxygen atoms in total. The van der Waals surface area contributed by atoms with Gasteiger partial charge in [-0.05, 0) is 76.5 Å². The number of aliphatic carboxylic acids is 3. The van der Waals surface area contributed by atoms with Crippen LogP contribution in [0.3, 0.4) is 0 Å². The average molecular weight is 1150 g/mol. The van der Waals surface area contributed by atoms with E-state index in [9.17, 15) is 53.4 Å². The SMILES string of the molecule is O=C(O)CCCCCCCCCCCCCCCCCCC(=O)CCC1CCC(C(=O)CC(CCC(=O)NCCOCCOCC(=O)NCCOCCOCC(=O)CCCCC[C@H](CC(=O)CCc2cnc[nH]2)C(=O)O)C(=O)O)CC1. The molecular formula is C61H102N4O16. The zero-order valence-corrected chi connectivity index (χ0v) is 48.9. The number of ketones is 4. The Labute approximate surface area is 481 Å². The maximum absolute atomic E-state index is 13.1.